The number of hydrogen-bond donors (Lipinski definition) is 1. The Morgan fingerprint density at radius 2 is 1.86 bits per heavy atom. The number of amides is 1. The first-order valence-corrected chi connectivity index (χ1v) is 8.12. The lowest BCUT2D eigenvalue weighted by Crippen LogP contribution is -2.54. The van der Waals surface area contributed by atoms with Crippen molar-refractivity contribution in [3.05, 3.63) is 35.6 Å². The quantitative estimate of drug-likeness (QED) is 0.905. The van der Waals surface area contributed by atoms with E-state index >= 15 is 0 Å². The molecule has 1 N–H and O–H groups in total. The number of piperidine rings is 1. The molecule has 0 saturated carbocycles. The SMILES string of the molecule is CC(=O)N1CCN([C@@H]2CCN[C@@H](c3ccc(F)cc3)C2)CC1. The summed E-state index contributed by atoms with van der Waals surface area (Å²) in [6.45, 7) is 6.21. The average Bonchev–Trinajstić information content (AvgIpc) is 2.56. The van der Waals surface area contributed by atoms with Crippen molar-refractivity contribution in [1.29, 1.82) is 0 Å². The molecule has 2 atom stereocenters. The van der Waals surface area contributed by atoms with Crippen LogP contribution in [0.5, 0.6) is 0 Å². The Balaban J connectivity index is 1.59. The van der Waals surface area contributed by atoms with Gasteiger partial charge in [-0.3, -0.25) is 9.69 Å². The van der Waals surface area contributed by atoms with Gasteiger partial charge in [0.25, 0.3) is 0 Å². The third-order valence-corrected chi connectivity index (χ3v) is 4.92. The minimum atomic E-state index is -0.184. The normalized spacial score (nSPS) is 26.9. The maximum Gasteiger partial charge on any atom is 0.219 e. The molecular formula is C17H24FN3O. The first-order valence-electron chi connectivity index (χ1n) is 8.12. The molecule has 0 spiro atoms. The Hall–Kier alpha value is -1.46. The number of rotatable bonds is 2. The van der Waals surface area contributed by atoms with Gasteiger partial charge in [0.1, 0.15) is 5.82 Å². The number of carbonyl (C=O) groups is 1. The van der Waals surface area contributed by atoms with Crippen LogP contribution in [0, 0.1) is 5.82 Å². The number of piperazine rings is 1. The molecule has 3 rings (SSSR count). The van der Waals surface area contributed by atoms with E-state index in [2.05, 4.69) is 10.2 Å². The van der Waals surface area contributed by atoms with Crippen molar-refractivity contribution in [2.75, 3.05) is 32.7 Å². The highest BCUT2D eigenvalue weighted by Gasteiger charge is 2.29. The van der Waals surface area contributed by atoms with Gasteiger partial charge in [0.2, 0.25) is 5.91 Å². The third kappa shape index (κ3) is 3.47. The van der Waals surface area contributed by atoms with Crippen LogP contribution >= 0.6 is 0 Å². The van der Waals surface area contributed by atoms with Crippen molar-refractivity contribution < 1.29 is 9.18 Å². The molecule has 2 saturated heterocycles. The minimum absolute atomic E-state index is 0.175. The van der Waals surface area contributed by atoms with Crippen LogP contribution < -0.4 is 5.32 Å². The number of nitrogens with zero attached hydrogens (tertiary/aromatic N) is 2. The van der Waals surface area contributed by atoms with E-state index in [0.29, 0.717) is 12.1 Å². The van der Waals surface area contributed by atoms with Crippen molar-refractivity contribution in [2.24, 2.45) is 0 Å². The van der Waals surface area contributed by atoms with Gasteiger partial charge in [0.15, 0.2) is 0 Å². The Morgan fingerprint density at radius 1 is 1.18 bits per heavy atom. The van der Waals surface area contributed by atoms with E-state index < -0.39 is 0 Å². The molecular weight excluding hydrogens is 281 g/mol. The number of carbonyl (C=O) groups excluding carboxylic acids is 1. The van der Waals surface area contributed by atoms with Crippen LogP contribution in [-0.4, -0.2) is 54.5 Å². The molecule has 0 aliphatic carbocycles. The molecule has 0 radical (unpaired) electrons. The van der Waals surface area contributed by atoms with Gasteiger partial charge in [-0.15, -0.1) is 0 Å². The second-order valence-electron chi connectivity index (χ2n) is 6.28. The molecule has 5 heteroatoms. The van der Waals surface area contributed by atoms with Crippen molar-refractivity contribution in [2.45, 2.75) is 31.8 Å². The highest BCUT2D eigenvalue weighted by Crippen LogP contribution is 2.27. The molecule has 1 amide bonds. The zero-order chi connectivity index (χ0) is 15.5. The van der Waals surface area contributed by atoms with Crippen LogP contribution in [0.25, 0.3) is 0 Å². The maximum absolute atomic E-state index is 13.1. The molecule has 22 heavy (non-hydrogen) atoms. The molecule has 4 nitrogen and oxygen atoms in total. The Kier molecular flexibility index (Phi) is 4.74. The summed E-state index contributed by atoms with van der Waals surface area (Å²) in [5, 5.41) is 3.54. The smallest absolute Gasteiger partial charge is 0.219 e. The van der Waals surface area contributed by atoms with Crippen LogP contribution in [0.15, 0.2) is 24.3 Å². The Bertz CT molecular complexity index is 511. The van der Waals surface area contributed by atoms with E-state index in [1.54, 1.807) is 6.92 Å². The Morgan fingerprint density at radius 3 is 2.50 bits per heavy atom. The van der Waals surface area contributed by atoms with Crippen LogP contribution in [0.3, 0.4) is 0 Å². The van der Waals surface area contributed by atoms with Gasteiger partial charge in [-0.05, 0) is 37.1 Å². The summed E-state index contributed by atoms with van der Waals surface area (Å²) in [6, 6.07) is 7.67. The monoisotopic (exact) mass is 305 g/mol. The van der Waals surface area contributed by atoms with Gasteiger partial charge in [-0.1, -0.05) is 12.1 Å². The number of nitrogens with one attached hydrogen (secondary N) is 1. The molecule has 2 aliphatic heterocycles. The largest absolute Gasteiger partial charge is 0.340 e. The summed E-state index contributed by atoms with van der Waals surface area (Å²) in [6.07, 6.45) is 2.18. The standard InChI is InChI=1S/C17H24FN3O/c1-13(22)20-8-10-21(11-9-20)16-6-7-19-17(12-16)14-2-4-15(18)5-3-14/h2-5,16-17,19H,6-12H2,1H3/t16-,17-/m1/s1. The van der Waals surface area contributed by atoms with Gasteiger partial charge in [-0.2, -0.15) is 0 Å². The summed E-state index contributed by atoms with van der Waals surface area (Å²) in [7, 11) is 0. The Labute approximate surface area is 131 Å². The van der Waals surface area contributed by atoms with E-state index in [1.807, 2.05) is 17.0 Å². The van der Waals surface area contributed by atoms with Gasteiger partial charge < -0.3 is 10.2 Å². The van der Waals surface area contributed by atoms with Crippen molar-refractivity contribution in [3.8, 4) is 0 Å². The molecule has 1 aromatic carbocycles. The fraction of sp³-hybridized carbons (Fsp3) is 0.588. The van der Waals surface area contributed by atoms with E-state index in [4.69, 9.17) is 0 Å². The van der Waals surface area contributed by atoms with Crippen molar-refractivity contribution in [1.82, 2.24) is 15.1 Å². The van der Waals surface area contributed by atoms with Gasteiger partial charge in [0, 0.05) is 45.2 Å². The third-order valence-electron chi connectivity index (χ3n) is 4.92. The molecule has 0 aromatic heterocycles. The molecule has 0 unspecified atom stereocenters. The maximum atomic E-state index is 13.1. The van der Waals surface area contributed by atoms with Crippen molar-refractivity contribution >= 4 is 5.91 Å². The first kappa shape index (κ1) is 15.4. The van der Waals surface area contributed by atoms with E-state index in [9.17, 15) is 9.18 Å². The van der Waals surface area contributed by atoms with Crippen LogP contribution in [0.1, 0.15) is 31.4 Å². The summed E-state index contributed by atoms with van der Waals surface area (Å²) in [4.78, 5) is 15.8. The van der Waals surface area contributed by atoms with Gasteiger partial charge in [-0.25, -0.2) is 4.39 Å². The zero-order valence-corrected chi connectivity index (χ0v) is 13.1. The lowest BCUT2D eigenvalue weighted by molar-refractivity contribution is -0.131. The van der Waals surface area contributed by atoms with Crippen LogP contribution in [0.2, 0.25) is 0 Å². The van der Waals surface area contributed by atoms with E-state index in [1.165, 1.54) is 12.1 Å². The van der Waals surface area contributed by atoms with E-state index in [-0.39, 0.29) is 11.7 Å². The minimum Gasteiger partial charge on any atom is -0.340 e. The lowest BCUT2D eigenvalue weighted by atomic mass is 9.92. The second kappa shape index (κ2) is 6.75. The number of hydrogen-bond acceptors (Lipinski definition) is 3. The topological polar surface area (TPSA) is 35.6 Å². The predicted octanol–water partition coefficient (Wildman–Crippen LogP) is 1.78. The summed E-state index contributed by atoms with van der Waals surface area (Å²) >= 11 is 0. The van der Waals surface area contributed by atoms with Crippen LogP contribution in [0.4, 0.5) is 4.39 Å². The molecule has 120 valence electrons. The predicted molar refractivity (Wildman–Crippen MR) is 84.0 cm³/mol. The van der Waals surface area contributed by atoms with Crippen molar-refractivity contribution in [3.63, 3.8) is 0 Å². The van der Waals surface area contributed by atoms with Crippen LogP contribution in [-0.2, 0) is 4.79 Å². The lowest BCUT2D eigenvalue weighted by Gasteiger charge is -2.42. The summed E-state index contributed by atoms with van der Waals surface area (Å²) in [5.41, 5.74) is 1.16. The fourth-order valence-electron chi connectivity index (χ4n) is 3.58. The highest BCUT2D eigenvalue weighted by atomic mass is 19.1. The number of benzene rings is 1. The highest BCUT2D eigenvalue weighted by molar-refractivity contribution is 5.73. The first-order chi connectivity index (χ1) is 10.6. The second-order valence-corrected chi connectivity index (χ2v) is 6.28. The van der Waals surface area contributed by atoms with E-state index in [0.717, 1.165) is 51.1 Å². The van der Waals surface area contributed by atoms with Gasteiger partial charge >= 0.3 is 0 Å². The fourth-order valence-corrected chi connectivity index (χ4v) is 3.58. The van der Waals surface area contributed by atoms with Gasteiger partial charge in [0.05, 0.1) is 0 Å². The zero-order valence-electron chi connectivity index (χ0n) is 13.1. The summed E-state index contributed by atoms with van der Waals surface area (Å²) in [5.74, 6) is -0.00869. The average molecular weight is 305 g/mol. The molecule has 2 heterocycles. The molecule has 2 aliphatic rings. The summed E-state index contributed by atoms with van der Waals surface area (Å²) < 4.78 is 13.1. The molecule has 1 aromatic rings. The number of halogens is 1. The molecule has 0 bridgehead atoms. The molecule has 2 fully saturated rings.